The Labute approximate surface area is 163 Å². The number of thioether (sulfide) groups is 1. The van der Waals surface area contributed by atoms with Gasteiger partial charge in [0.1, 0.15) is 15.7 Å². The van der Waals surface area contributed by atoms with Crippen LogP contribution >= 0.6 is 24.0 Å². The number of halogens is 1. The number of rotatable bonds is 4. The van der Waals surface area contributed by atoms with Gasteiger partial charge in [-0.15, -0.1) is 0 Å². The average molecular weight is 400 g/mol. The summed E-state index contributed by atoms with van der Waals surface area (Å²) in [5.41, 5.74) is 1.83. The molecule has 0 spiro atoms. The number of fused-ring (bicyclic) bond motifs is 1. The van der Waals surface area contributed by atoms with Crippen LogP contribution in [0.15, 0.2) is 46.0 Å². The second-order valence-corrected chi connectivity index (χ2v) is 7.40. The SMILES string of the molecule is CCOc1ccc(-c2cncc3cc(C=C4SC(=S)NC4=O)oc23)cc1F. The topological polar surface area (TPSA) is 64.4 Å². The first-order chi connectivity index (χ1) is 13.0. The monoisotopic (exact) mass is 400 g/mol. The number of benzene rings is 1. The van der Waals surface area contributed by atoms with E-state index in [-0.39, 0.29) is 11.7 Å². The van der Waals surface area contributed by atoms with E-state index in [1.807, 2.05) is 0 Å². The average Bonchev–Trinajstić information content (AvgIpc) is 3.19. The minimum Gasteiger partial charge on any atom is -0.491 e. The molecule has 136 valence electrons. The van der Waals surface area contributed by atoms with Crippen molar-refractivity contribution in [2.24, 2.45) is 0 Å². The van der Waals surface area contributed by atoms with Crippen molar-refractivity contribution in [1.82, 2.24) is 10.3 Å². The van der Waals surface area contributed by atoms with Crippen LogP contribution < -0.4 is 10.1 Å². The van der Waals surface area contributed by atoms with E-state index in [2.05, 4.69) is 10.3 Å². The van der Waals surface area contributed by atoms with E-state index in [9.17, 15) is 9.18 Å². The maximum Gasteiger partial charge on any atom is 0.263 e. The molecule has 3 aromatic rings. The Bertz CT molecular complexity index is 1110. The number of nitrogens with zero attached hydrogens (tertiary/aromatic N) is 1. The van der Waals surface area contributed by atoms with E-state index < -0.39 is 5.82 Å². The number of pyridine rings is 1. The van der Waals surface area contributed by atoms with Gasteiger partial charge in [0.15, 0.2) is 11.6 Å². The molecule has 1 saturated heterocycles. The van der Waals surface area contributed by atoms with Crippen molar-refractivity contribution in [2.45, 2.75) is 6.92 Å². The van der Waals surface area contributed by atoms with E-state index in [0.717, 1.165) is 5.39 Å². The molecule has 0 bridgehead atoms. The number of hydrogen-bond acceptors (Lipinski definition) is 6. The molecular weight excluding hydrogens is 387 g/mol. The Balaban J connectivity index is 1.76. The van der Waals surface area contributed by atoms with Gasteiger partial charge in [0, 0.05) is 29.4 Å². The van der Waals surface area contributed by atoms with Crippen molar-refractivity contribution >= 4 is 51.3 Å². The summed E-state index contributed by atoms with van der Waals surface area (Å²) in [7, 11) is 0. The maximum atomic E-state index is 14.2. The van der Waals surface area contributed by atoms with Gasteiger partial charge in [0.05, 0.1) is 11.5 Å². The van der Waals surface area contributed by atoms with E-state index in [1.165, 1.54) is 17.8 Å². The Morgan fingerprint density at radius 1 is 1.37 bits per heavy atom. The smallest absolute Gasteiger partial charge is 0.263 e. The first-order valence-electron chi connectivity index (χ1n) is 8.10. The molecular formula is C19H13FN2O3S2. The minimum absolute atomic E-state index is 0.200. The molecule has 5 nitrogen and oxygen atoms in total. The summed E-state index contributed by atoms with van der Waals surface area (Å²) in [5, 5.41) is 3.31. The van der Waals surface area contributed by atoms with Gasteiger partial charge in [-0.05, 0) is 30.7 Å². The predicted octanol–water partition coefficient (Wildman–Crippen LogP) is 4.52. The first-order valence-corrected chi connectivity index (χ1v) is 9.32. The fraction of sp³-hybridized carbons (Fsp3) is 0.105. The largest absolute Gasteiger partial charge is 0.491 e. The Hall–Kier alpha value is -2.71. The fourth-order valence-corrected chi connectivity index (χ4v) is 3.77. The van der Waals surface area contributed by atoms with Gasteiger partial charge in [-0.25, -0.2) is 4.39 Å². The molecule has 1 aromatic carbocycles. The van der Waals surface area contributed by atoms with Crippen LogP contribution in [0.25, 0.3) is 28.2 Å². The van der Waals surface area contributed by atoms with Crippen LogP contribution in [0.1, 0.15) is 12.7 Å². The molecule has 0 aliphatic carbocycles. The minimum atomic E-state index is -0.451. The van der Waals surface area contributed by atoms with Gasteiger partial charge < -0.3 is 14.5 Å². The quantitative estimate of drug-likeness (QED) is 0.513. The molecule has 1 amide bonds. The third kappa shape index (κ3) is 3.45. The van der Waals surface area contributed by atoms with Crippen LogP contribution in [-0.2, 0) is 4.79 Å². The van der Waals surface area contributed by atoms with Crippen LogP contribution in [0.4, 0.5) is 4.39 Å². The van der Waals surface area contributed by atoms with Crippen molar-refractivity contribution in [2.75, 3.05) is 6.61 Å². The molecule has 0 unspecified atom stereocenters. The molecule has 27 heavy (non-hydrogen) atoms. The lowest BCUT2D eigenvalue weighted by atomic mass is 10.1. The number of furan rings is 1. The molecule has 3 heterocycles. The highest BCUT2D eigenvalue weighted by atomic mass is 32.2. The summed E-state index contributed by atoms with van der Waals surface area (Å²) in [5.74, 6) is -0.00956. The number of carbonyl (C=O) groups is 1. The van der Waals surface area contributed by atoms with E-state index in [1.54, 1.807) is 43.6 Å². The zero-order valence-corrected chi connectivity index (χ0v) is 15.7. The summed E-state index contributed by atoms with van der Waals surface area (Å²) < 4.78 is 25.8. The summed E-state index contributed by atoms with van der Waals surface area (Å²) in [6.07, 6.45) is 4.90. The zero-order valence-electron chi connectivity index (χ0n) is 14.1. The molecule has 0 saturated carbocycles. The lowest BCUT2D eigenvalue weighted by Gasteiger charge is -2.07. The van der Waals surface area contributed by atoms with Crippen LogP contribution in [0.2, 0.25) is 0 Å². The Kier molecular flexibility index (Phi) is 4.67. The second-order valence-electron chi connectivity index (χ2n) is 5.68. The van der Waals surface area contributed by atoms with E-state index >= 15 is 0 Å². The van der Waals surface area contributed by atoms with Crippen molar-refractivity contribution in [1.29, 1.82) is 0 Å². The molecule has 4 rings (SSSR count). The Morgan fingerprint density at radius 2 is 2.22 bits per heavy atom. The highest BCUT2D eigenvalue weighted by molar-refractivity contribution is 8.26. The highest BCUT2D eigenvalue weighted by Crippen LogP contribution is 2.34. The lowest BCUT2D eigenvalue weighted by Crippen LogP contribution is -2.17. The van der Waals surface area contributed by atoms with Crippen LogP contribution in [-0.4, -0.2) is 21.8 Å². The van der Waals surface area contributed by atoms with Crippen LogP contribution in [0.5, 0.6) is 5.75 Å². The van der Waals surface area contributed by atoms with Crippen molar-refractivity contribution in [3.05, 3.63) is 53.1 Å². The molecule has 0 atom stereocenters. The van der Waals surface area contributed by atoms with Gasteiger partial charge in [-0.3, -0.25) is 9.78 Å². The summed E-state index contributed by atoms with van der Waals surface area (Å²) >= 11 is 6.16. The molecule has 1 N–H and O–H groups in total. The van der Waals surface area contributed by atoms with Crippen molar-refractivity contribution in [3.8, 4) is 16.9 Å². The zero-order chi connectivity index (χ0) is 19.0. The maximum absolute atomic E-state index is 14.2. The van der Waals surface area contributed by atoms with Gasteiger partial charge in [0.2, 0.25) is 0 Å². The number of hydrogen-bond donors (Lipinski definition) is 1. The normalized spacial score (nSPS) is 15.6. The Morgan fingerprint density at radius 3 is 2.93 bits per heavy atom. The van der Waals surface area contributed by atoms with Crippen LogP contribution in [0.3, 0.4) is 0 Å². The number of ether oxygens (including phenoxy) is 1. The summed E-state index contributed by atoms with van der Waals surface area (Å²) in [4.78, 5) is 16.5. The number of thiocarbonyl (C=S) groups is 1. The summed E-state index contributed by atoms with van der Waals surface area (Å²) in [6.45, 7) is 2.19. The third-order valence-corrected chi connectivity index (χ3v) is 5.06. The second kappa shape index (κ2) is 7.13. The highest BCUT2D eigenvalue weighted by Gasteiger charge is 2.23. The van der Waals surface area contributed by atoms with Crippen LogP contribution in [0, 0.1) is 5.82 Å². The third-order valence-electron chi connectivity index (χ3n) is 3.90. The van der Waals surface area contributed by atoms with E-state index in [0.29, 0.717) is 38.3 Å². The molecule has 1 aliphatic rings. The van der Waals surface area contributed by atoms with Crippen molar-refractivity contribution in [3.63, 3.8) is 0 Å². The molecule has 0 radical (unpaired) electrons. The van der Waals surface area contributed by atoms with Gasteiger partial charge in [-0.1, -0.05) is 30.0 Å². The number of nitrogens with one attached hydrogen (secondary N) is 1. The summed E-state index contributed by atoms with van der Waals surface area (Å²) in [6, 6.07) is 6.50. The molecule has 1 aliphatic heterocycles. The number of amides is 1. The molecule has 2 aromatic heterocycles. The van der Waals surface area contributed by atoms with Gasteiger partial charge in [-0.2, -0.15) is 0 Å². The molecule has 1 fully saturated rings. The fourth-order valence-electron chi connectivity index (χ4n) is 2.75. The van der Waals surface area contributed by atoms with E-state index in [4.69, 9.17) is 21.4 Å². The van der Waals surface area contributed by atoms with Crippen molar-refractivity contribution < 1.29 is 18.3 Å². The standard InChI is InChI=1S/C19H13FN2O3S2/c1-2-24-15-4-3-10(6-14(15)20)13-9-21-8-11-5-12(25-17(11)13)7-16-18(23)22-19(26)27-16/h3-9H,2H2,1H3,(H,22,23,26). The lowest BCUT2D eigenvalue weighted by molar-refractivity contribution is -0.115. The van der Waals surface area contributed by atoms with Gasteiger partial charge in [0.25, 0.3) is 5.91 Å². The molecule has 8 heteroatoms. The number of aromatic nitrogens is 1. The predicted molar refractivity (Wildman–Crippen MR) is 107 cm³/mol. The van der Waals surface area contributed by atoms with Gasteiger partial charge >= 0.3 is 0 Å². The number of carbonyl (C=O) groups excluding carboxylic acids is 1. The first kappa shape index (κ1) is 17.7.